The molecule has 0 N–H and O–H groups in total. The number of esters is 1. The SMILES string of the molecule is CC(=O)OCC1CN2CCCC2CO1. The molecule has 0 aromatic heterocycles. The van der Waals surface area contributed by atoms with E-state index in [1.54, 1.807) is 0 Å². The van der Waals surface area contributed by atoms with Gasteiger partial charge in [-0.1, -0.05) is 0 Å². The van der Waals surface area contributed by atoms with Crippen molar-refractivity contribution < 1.29 is 14.3 Å². The van der Waals surface area contributed by atoms with E-state index in [9.17, 15) is 4.79 Å². The fraction of sp³-hybridized carbons (Fsp3) is 0.900. The molecule has 4 heteroatoms. The van der Waals surface area contributed by atoms with Gasteiger partial charge < -0.3 is 9.47 Å². The van der Waals surface area contributed by atoms with Gasteiger partial charge in [0.25, 0.3) is 0 Å². The van der Waals surface area contributed by atoms with Crippen molar-refractivity contribution in [2.45, 2.75) is 31.9 Å². The number of ether oxygens (including phenoxy) is 2. The maximum absolute atomic E-state index is 10.6. The molecule has 0 saturated carbocycles. The predicted molar refractivity (Wildman–Crippen MR) is 51.0 cm³/mol. The van der Waals surface area contributed by atoms with Crippen LogP contribution in [0.5, 0.6) is 0 Å². The molecule has 80 valence electrons. The first-order chi connectivity index (χ1) is 6.75. The average molecular weight is 199 g/mol. The van der Waals surface area contributed by atoms with Gasteiger partial charge >= 0.3 is 5.97 Å². The lowest BCUT2D eigenvalue weighted by Gasteiger charge is -2.34. The van der Waals surface area contributed by atoms with E-state index in [1.165, 1.54) is 26.3 Å². The van der Waals surface area contributed by atoms with Crippen molar-refractivity contribution in [1.29, 1.82) is 0 Å². The largest absolute Gasteiger partial charge is 0.463 e. The highest BCUT2D eigenvalue weighted by Crippen LogP contribution is 2.22. The van der Waals surface area contributed by atoms with E-state index in [0.717, 1.165) is 13.2 Å². The third kappa shape index (κ3) is 2.25. The van der Waals surface area contributed by atoms with E-state index in [-0.39, 0.29) is 12.1 Å². The normalized spacial score (nSPS) is 32.6. The van der Waals surface area contributed by atoms with Crippen molar-refractivity contribution in [3.05, 3.63) is 0 Å². The molecule has 2 aliphatic heterocycles. The number of morpholine rings is 1. The average Bonchev–Trinajstić information content (AvgIpc) is 2.61. The highest BCUT2D eigenvalue weighted by molar-refractivity contribution is 5.65. The molecule has 0 amide bonds. The Bertz CT molecular complexity index is 219. The van der Waals surface area contributed by atoms with Crippen LogP contribution in [-0.2, 0) is 14.3 Å². The molecule has 2 fully saturated rings. The maximum atomic E-state index is 10.6. The van der Waals surface area contributed by atoms with Crippen molar-refractivity contribution in [2.75, 3.05) is 26.3 Å². The van der Waals surface area contributed by atoms with Gasteiger partial charge in [-0.25, -0.2) is 0 Å². The molecule has 0 aromatic rings. The van der Waals surface area contributed by atoms with Crippen LogP contribution < -0.4 is 0 Å². The zero-order valence-electron chi connectivity index (χ0n) is 8.57. The minimum atomic E-state index is -0.225. The van der Waals surface area contributed by atoms with Gasteiger partial charge in [-0.2, -0.15) is 0 Å². The van der Waals surface area contributed by atoms with Crippen LogP contribution in [0.2, 0.25) is 0 Å². The monoisotopic (exact) mass is 199 g/mol. The summed E-state index contributed by atoms with van der Waals surface area (Å²) in [5.74, 6) is -0.225. The van der Waals surface area contributed by atoms with Crippen molar-refractivity contribution in [1.82, 2.24) is 4.90 Å². The Kier molecular flexibility index (Phi) is 3.03. The van der Waals surface area contributed by atoms with Gasteiger partial charge in [0.15, 0.2) is 0 Å². The van der Waals surface area contributed by atoms with Gasteiger partial charge in [0.1, 0.15) is 12.7 Å². The maximum Gasteiger partial charge on any atom is 0.302 e. The standard InChI is InChI=1S/C10H17NO3/c1-8(12)13-7-10-5-11-4-2-3-9(11)6-14-10/h9-10H,2-7H2,1H3. The number of carbonyl (C=O) groups excluding carboxylic acids is 1. The van der Waals surface area contributed by atoms with Gasteiger partial charge in [-0.15, -0.1) is 0 Å². The molecule has 4 nitrogen and oxygen atoms in total. The zero-order chi connectivity index (χ0) is 9.97. The summed E-state index contributed by atoms with van der Waals surface area (Å²) in [5.41, 5.74) is 0. The number of carbonyl (C=O) groups is 1. The number of fused-ring (bicyclic) bond motifs is 1. The predicted octanol–water partition coefficient (Wildman–Crippen LogP) is 0.413. The first kappa shape index (κ1) is 9.93. The molecule has 2 atom stereocenters. The molecule has 0 aromatic carbocycles. The van der Waals surface area contributed by atoms with Crippen LogP contribution in [0, 0.1) is 0 Å². The van der Waals surface area contributed by atoms with Crippen molar-refractivity contribution in [3.63, 3.8) is 0 Å². The van der Waals surface area contributed by atoms with Crippen LogP contribution in [-0.4, -0.2) is 49.3 Å². The van der Waals surface area contributed by atoms with Crippen molar-refractivity contribution in [2.24, 2.45) is 0 Å². The van der Waals surface area contributed by atoms with Gasteiger partial charge in [0.05, 0.1) is 6.61 Å². The topological polar surface area (TPSA) is 38.8 Å². The molecular formula is C10H17NO3. The number of hydrogen-bond donors (Lipinski definition) is 0. The third-order valence-corrected chi connectivity index (χ3v) is 2.93. The van der Waals surface area contributed by atoms with Crippen molar-refractivity contribution >= 4 is 5.97 Å². The molecule has 2 unspecified atom stereocenters. The summed E-state index contributed by atoms with van der Waals surface area (Å²) in [6.45, 7) is 4.72. The van der Waals surface area contributed by atoms with Crippen LogP contribution in [0.3, 0.4) is 0 Å². The fourth-order valence-corrected chi connectivity index (χ4v) is 2.20. The lowest BCUT2D eigenvalue weighted by molar-refractivity contribution is -0.149. The van der Waals surface area contributed by atoms with Crippen LogP contribution in [0.4, 0.5) is 0 Å². The van der Waals surface area contributed by atoms with Crippen molar-refractivity contribution in [3.8, 4) is 0 Å². The van der Waals surface area contributed by atoms with Crippen LogP contribution in [0.15, 0.2) is 0 Å². The van der Waals surface area contributed by atoms with Gasteiger partial charge in [0.2, 0.25) is 0 Å². The Labute approximate surface area is 84.2 Å². The zero-order valence-corrected chi connectivity index (χ0v) is 8.57. The number of rotatable bonds is 2. The first-order valence-corrected chi connectivity index (χ1v) is 5.24. The molecule has 14 heavy (non-hydrogen) atoms. The molecule has 2 saturated heterocycles. The summed E-state index contributed by atoms with van der Waals surface area (Å²) in [4.78, 5) is 13.1. The highest BCUT2D eigenvalue weighted by atomic mass is 16.6. The molecule has 2 rings (SSSR count). The van der Waals surface area contributed by atoms with Crippen LogP contribution >= 0.6 is 0 Å². The summed E-state index contributed by atoms with van der Waals surface area (Å²) in [7, 11) is 0. The van der Waals surface area contributed by atoms with Gasteiger partial charge in [0, 0.05) is 19.5 Å². The quantitative estimate of drug-likeness (QED) is 0.604. The molecule has 0 spiro atoms. The Hall–Kier alpha value is -0.610. The minimum Gasteiger partial charge on any atom is -0.463 e. The Morgan fingerprint density at radius 3 is 3.29 bits per heavy atom. The van der Waals surface area contributed by atoms with E-state index >= 15 is 0 Å². The summed E-state index contributed by atoms with van der Waals surface area (Å²) in [6.07, 6.45) is 2.60. The first-order valence-electron chi connectivity index (χ1n) is 5.24. The Morgan fingerprint density at radius 2 is 2.50 bits per heavy atom. The van der Waals surface area contributed by atoms with Crippen LogP contribution in [0.1, 0.15) is 19.8 Å². The van der Waals surface area contributed by atoms with E-state index in [1.807, 2.05) is 0 Å². The summed E-state index contributed by atoms with van der Waals surface area (Å²) in [6, 6.07) is 0.614. The van der Waals surface area contributed by atoms with E-state index in [4.69, 9.17) is 9.47 Å². The van der Waals surface area contributed by atoms with E-state index in [2.05, 4.69) is 4.90 Å². The molecule has 2 aliphatic rings. The summed E-state index contributed by atoms with van der Waals surface area (Å²) in [5, 5.41) is 0. The van der Waals surface area contributed by atoms with Crippen LogP contribution in [0.25, 0.3) is 0 Å². The molecule has 0 bridgehead atoms. The Balaban J connectivity index is 1.77. The number of nitrogens with zero attached hydrogens (tertiary/aromatic N) is 1. The summed E-state index contributed by atoms with van der Waals surface area (Å²) < 4.78 is 10.6. The smallest absolute Gasteiger partial charge is 0.302 e. The highest BCUT2D eigenvalue weighted by Gasteiger charge is 2.32. The second-order valence-electron chi connectivity index (χ2n) is 4.05. The van der Waals surface area contributed by atoms with Gasteiger partial charge in [-0.05, 0) is 19.4 Å². The molecule has 0 aliphatic carbocycles. The minimum absolute atomic E-state index is 0.0771. The van der Waals surface area contributed by atoms with E-state index in [0.29, 0.717) is 12.6 Å². The summed E-state index contributed by atoms with van der Waals surface area (Å²) >= 11 is 0. The van der Waals surface area contributed by atoms with E-state index < -0.39 is 0 Å². The molecular weight excluding hydrogens is 182 g/mol. The molecule has 2 heterocycles. The lowest BCUT2D eigenvalue weighted by atomic mass is 10.2. The Morgan fingerprint density at radius 1 is 1.64 bits per heavy atom. The third-order valence-electron chi connectivity index (χ3n) is 2.93. The second-order valence-corrected chi connectivity index (χ2v) is 4.05. The van der Waals surface area contributed by atoms with Gasteiger partial charge in [-0.3, -0.25) is 9.69 Å². The molecule has 0 radical (unpaired) electrons. The lowest BCUT2D eigenvalue weighted by Crippen LogP contribution is -2.47. The second kappa shape index (κ2) is 4.28. The fourth-order valence-electron chi connectivity index (χ4n) is 2.20. The number of hydrogen-bond acceptors (Lipinski definition) is 4.